The largest absolute Gasteiger partial charge is 0.497 e. The Bertz CT molecular complexity index is 911. The van der Waals surface area contributed by atoms with Crippen LogP contribution in [0, 0.1) is 5.41 Å². The van der Waals surface area contributed by atoms with Crippen molar-refractivity contribution >= 4 is 15.8 Å². The van der Waals surface area contributed by atoms with Gasteiger partial charge in [-0.05, 0) is 36.8 Å². The van der Waals surface area contributed by atoms with Crippen LogP contribution in [0.4, 0.5) is 0 Å². The van der Waals surface area contributed by atoms with Crippen LogP contribution < -0.4 is 10.5 Å². The Morgan fingerprint density at radius 3 is 2.26 bits per heavy atom. The van der Waals surface area contributed by atoms with E-state index in [1.54, 1.807) is 56.5 Å². The highest BCUT2D eigenvalue weighted by Crippen LogP contribution is 2.64. The van der Waals surface area contributed by atoms with Crippen molar-refractivity contribution in [2.75, 3.05) is 20.3 Å². The Morgan fingerprint density at radius 1 is 1.11 bits per heavy atom. The predicted octanol–water partition coefficient (Wildman–Crippen LogP) is 2.14. The first-order chi connectivity index (χ1) is 12.9. The maximum Gasteiger partial charge on any atom is 0.315 e. The maximum atomic E-state index is 13.3. The Hall–Kier alpha value is -2.38. The zero-order valence-corrected chi connectivity index (χ0v) is 16.1. The SMILES string of the molecule is CCOC(=O)[C@]1(CN)[C@H](c2ccc(OC)cc2)[C@H]1S(=O)(=O)c1ccccc1. The third-order valence-electron chi connectivity index (χ3n) is 5.13. The fourth-order valence-electron chi connectivity index (χ4n) is 3.74. The first kappa shape index (κ1) is 19.4. The zero-order chi connectivity index (χ0) is 19.7. The number of methoxy groups -OCH3 is 1. The normalized spacial score (nSPS) is 24.3. The lowest BCUT2D eigenvalue weighted by atomic mass is 9.99. The Balaban J connectivity index is 2.09. The summed E-state index contributed by atoms with van der Waals surface area (Å²) in [4.78, 5) is 12.9. The molecule has 0 spiro atoms. The number of hydrogen-bond acceptors (Lipinski definition) is 6. The molecule has 6 nitrogen and oxygen atoms in total. The highest BCUT2D eigenvalue weighted by Gasteiger charge is 2.75. The number of ether oxygens (including phenoxy) is 2. The van der Waals surface area contributed by atoms with Gasteiger partial charge in [0, 0.05) is 12.5 Å². The van der Waals surface area contributed by atoms with E-state index < -0.39 is 32.4 Å². The van der Waals surface area contributed by atoms with Gasteiger partial charge in [-0.25, -0.2) is 8.42 Å². The molecular formula is C20H23NO5S. The van der Waals surface area contributed by atoms with Gasteiger partial charge >= 0.3 is 5.97 Å². The minimum absolute atomic E-state index is 0.112. The molecule has 0 bridgehead atoms. The summed E-state index contributed by atoms with van der Waals surface area (Å²) in [5.74, 6) is -0.494. The molecule has 1 fully saturated rings. The van der Waals surface area contributed by atoms with E-state index in [4.69, 9.17) is 15.2 Å². The number of nitrogens with two attached hydrogens (primary N) is 1. The van der Waals surface area contributed by atoms with Gasteiger partial charge in [-0.2, -0.15) is 0 Å². The molecule has 2 N–H and O–H groups in total. The summed E-state index contributed by atoms with van der Waals surface area (Å²) in [5.41, 5.74) is 5.39. The minimum atomic E-state index is -3.77. The van der Waals surface area contributed by atoms with E-state index in [1.165, 1.54) is 12.1 Å². The third kappa shape index (κ3) is 3.11. The second-order valence-electron chi connectivity index (χ2n) is 6.49. The van der Waals surface area contributed by atoms with E-state index in [0.717, 1.165) is 5.56 Å². The molecule has 7 heteroatoms. The fraction of sp³-hybridized carbons (Fsp3) is 0.350. The molecule has 2 aromatic carbocycles. The van der Waals surface area contributed by atoms with Crippen molar-refractivity contribution in [1.82, 2.24) is 0 Å². The van der Waals surface area contributed by atoms with E-state index >= 15 is 0 Å². The summed E-state index contributed by atoms with van der Waals surface area (Å²) in [6, 6.07) is 15.2. The van der Waals surface area contributed by atoms with Crippen molar-refractivity contribution in [2.24, 2.45) is 11.1 Å². The van der Waals surface area contributed by atoms with Crippen LogP contribution in [0.1, 0.15) is 18.4 Å². The third-order valence-corrected chi connectivity index (χ3v) is 7.42. The van der Waals surface area contributed by atoms with Crippen LogP contribution in [0.2, 0.25) is 0 Å². The molecule has 0 unspecified atom stereocenters. The van der Waals surface area contributed by atoms with Crippen LogP contribution in [0.3, 0.4) is 0 Å². The average Bonchev–Trinajstić information content (AvgIpc) is 3.40. The van der Waals surface area contributed by atoms with Gasteiger partial charge < -0.3 is 15.2 Å². The average molecular weight is 389 g/mol. The van der Waals surface area contributed by atoms with Crippen molar-refractivity contribution < 1.29 is 22.7 Å². The smallest absolute Gasteiger partial charge is 0.315 e. The summed E-state index contributed by atoms with van der Waals surface area (Å²) >= 11 is 0. The molecule has 0 amide bonds. The van der Waals surface area contributed by atoms with Crippen LogP contribution in [0.5, 0.6) is 5.75 Å². The number of carbonyl (C=O) groups excluding carboxylic acids is 1. The fourth-order valence-corrected chi connectivity index (χ4v) is 6.14. The molecule has 0 aromatic heterocycles. The Labute approximate surface area is 159 Å². The summed E-state index contributed by atoms with van der Waals surface area (Å²) in [7, 11) is -2.22. The molecule has 0 saturated heterocycles. The molecule has 27 heavy (non-hydrogen) atoms. The number of hydrogen-bond donors (Lipinski definition) is 1. The second kappa shape index (κ2) is 7.32. The van der Waals surface area contributed by atoms with Crippen molar-refractivity contribution in [2.45, 2.75) is 23.0 Å². The number of carbonyl (C=O) groups is 1. The quantitative estimate of drug-likeness (QED) is 0.729. The van der Waals surface area contributed by atoms with E-state index in [9.17, 15) is 13.2 Å². The number of benzene rings is 2. The molecule has 3 rings (SSSR count). The topological polar surface area (TPSA) is 95.7 Å². The van der Waals surface area contributed by atoms with Crippen molar-refractivity contribution in [3.05, 3.63) is 60.2 Å². The molecule has 144 valence electrons. The summed E-state index contributed by atoms with van der Waals surface area (Å²) < 4.78 is 37.0. The summed E-state index contributed by atoms with van der Waals surface area (Å²) in [5, 5.41) is -0.968. The Morgan fingerprint density at radius 2 is 1.74 bits per heavy atom. The van der Waals surface area contributed by atoms with Gasteiger partial charge in [0.05, 0.1) is 23.9 Å². The minimum Gasteiger partial charge on any atom is -0.497 e. The molecule has 2 aromatic rings. The Kier molecular flexibility index (Phi) is 5.26. The highest BCUT2D eigenvalue weighted by atomic mass is 32.2. The van der Waals surface area contributed by atoms with Gasteiger partial charge in [0.15, 0.2) is 9.84 Å². The first-order valence-corrected chi connectivity index (χ1v) is 10.3. The summed E-state index contributed by atoms with van der Waals surface area (Å²) in [6.07, 6.45) is 0. The summed E-state index contributed by atoms with van der Waals surface area (Å²) in [6.45, 7) is 1.74. The van der Waals surface area contributed by atoms with Gasteiger partial charge in [-0.3, -0.25) is 4.79 Å². The van der Waals surface area contributed by atoms with Gasteiger partial charge in [-0.15, -0.1) is 0 Å². The van der Waals surface area contributed by atoms with Gasteiger partial charge in [0.2, 0.25) is 0 Å². The molecule has 1 aliphatic carbocycles. The standard InChI is InChI=1S/C20H23NO5S/c1-3-26-19(22)20(13-21)17(14-9-11-15(25-2)12-10-14)18(20)27(23,24)16-7-5-4-6-8-16/h4-12,17-18H,3,13,21H2,1-2H3/t17-,18-,20-/m1/s1. The van der Waals surface area contributed by atoms with E-state index in [1.807, 2.05) is 0 Å². The van der Waals surface area contributed by atoms with Crippen LogP contribution in [0.15, 0.2) is 59.5 Å². The first-order valence-electron chi connectivity index (χ1n) is 8.73. The number of sulfone groups is 1. The van der Waals surface area contributed by atoms with Crippen molar-refractivity contribution in [1.29, 1.82) is 0 Å². The second-order valence-corrected chi connectivity index (χ2v) is 8.56. The zero-order valence-electron chi connectivity index (χ0n) is 15.3. The van der Waals surface area contributed by atoms with Crippen LogP contribution in [-0.4, -0.2) is 39.9 Å². The number of esters is 1. The van der Waals surface area contributed by atoms with E-state index in [0.29, 0.717) is 5.75 Å². The predicted molar refractivity (Wildman–Crippen MR) is 101 cm³/mol. The lowest BCUT2D eigenvalue weighted by molar-refractivity contribution is -0.149. The van der Waals surface area contributed by atoms with Crippen LogP contribution in [-0.2, 0) is 19.4 Å². The van der Waals surface area contributed by atoms with Gasteiger partial charge in [0.25, 0.3) is 0 Å². The van der Waals surface area contributed by atoms with Gasteiger partial charge in [0.1, 0.15) is 11.2 Å². The molecule has 0 heterocycles. The number of rotatable bonds is 7. The highest BCUT2D eigenvalue weighted by molar-refractivity contribution is 7.92. The lowest BCUT2D eigenvalue weighted by Gasteiger charge is -2.14. The lowest BCUT2D eigenvalue weighted by Crippen LogP contribution is -2.33. The van der Waals surface area contributed by atoms with Crippen molar-refractivity contribution in [3.8, 4) is 5.75 Å². The molecule has 1 aliphatic rings. The van der Waals surface area contributed by atoms with Crippen LogP contribution in [0.25, 0.3) is 0 Å². The van der Waals surface area contributed by atoms with E-state index in [2.05, 4.69) is 0 Å². The molecule has 0 radical (unpaired) electrons. The van der Waals surface area contributed by atoms with Gasteiger partial charge in [-0.1, -0.05) is 30.3 Å². The maximum absolute atomic E-state index is 13.3. The monoisotopic (exact) mass is 389 g/mol. The van der Waals surface area contributed by atoms with Crippen LogP contribution >= 0.6 is 0 Å². The molecule has 3 atom stereocenters. The molecular weight excluding hydrogens is 366 g/mol. The van der Waals surface area contributed by atoms with Crippen molar-refractivity contribution in [3.63, 3.8) is 0 Å². The van der Waals surface area contributed by atoms with E-state index in [-0.39, 0.29) is 18.0 Å². The molecule has 1 saturated carbocycles. The molecule has 0 aliphatic heterocycles.